The van der Waals surface area contributed by atoms with Crippen molar-refractivity contribution in [1.82, 2.24) is 25.0 Å². The van der Waals surface area contributed by atoms with E-state index in [0.717, 1.165) is 13.1 Å². The molecule has 2 aliphatic rings. The van der Waals surface area contributed by atoms with Crippen molar-refractivity contribution < 1.29 is 13.2 Å². The van der Waals surface area contributed by atoms with Gasteiger partial charge in [-0.15, -0.1) is 10.2 Å². The maximum atomic E-state index is 12.8. The smallest absolute Gasteiger partial charge is 0.312 e. The summed E-state index contributed by atoms with van der Waals surface area (Å²) in [7, 11) is 0. The standard InChI is InChI=1S/C13H20F3N5/c1-9-3-2-4-17-10(9)7-20-5-6-21-11(8-20)18-19-12(21)13(14,15)16/h9-10,17H,2-8H2,1H3. The second-order valence-electron chi connectivity index (χ2n) is 6.00. The molecule has 1 aromatic heterocycles. The van der Waals surface area contributed by atoms with Crippen LogP contribution in [0.1, 0.15) is 31.4 Å². The molecule has 8 heteroatoms. The zero-order chi connectivity index (χ0) is 15.0. The molecule has 1 saturated heterocycles. The maximum absolute atomic E-state index is 12.8. The molecule has 1 N–H and O–H groups in total. The van der Waals surface area contributed by atoms with E-state index in [0.29, 0.717) is 37.4 Å². The van der Waals surface area contributed by atoms with Crippen LogP contribution in [0.4, 0.5) is 13.2 Å². The van der Waals surface area contributed by atoms with Crippen LogP contribution in [0.15, 0.2) is 0 Å². The number of hydrogen-bond donors (Lipinski definition) is 1. The molecule has 2 unspecified atom stereocenters. The molecule has 0 radical (unpaired) electrons. The van der Waals surface area contributed by atoms with Gasteiger partial charge < -0.3 is 9.88 Å². The van der Waals surface area contributed by atoms with Gasteiger partial charge in [0, 0.05) is 25.7 Å². The summed E-state index contributed by atoms with van der Waals surface area (Å²) in [6.45, 7) is 5.46. The first-order valence-corrected chi connectivity index (χ1v) is 7.40. The van der Waals surface area contributed by atoms with E-state index < -0.39 is 12.0 Å². The van der Waals surface area contributed by atoms with Gasteiger partial charge in [0.2, 0.25) is 5.82 Å². The minimum Gasteiger partial charge on any atom is -0.312 e. The topological polar surface area (TPSA) is 46.0 Å². The Kier molecular flexibility index (Phi) is 3.92. The fraction of sp³-hybridized carbons (Fsp3) is 0.846. The minimum atomic E-state index is -4.42. The number of hydrogen-bond acceptors (Lipinski definition) is 4. The van der Waals surface area contributed by atoms with Crippen LogP contribution in [-0.4, -0.2) is 45.3 Å². The lowest BCUT2D eigenvalue weighted by Crippen LogP contribution is -2.49. The molecular weight excluding hydrogens is 283 g/mol. The van der Waals surface area contributed by atoms with Crippen LogP contribution < -0.4 is 5.32 Å². The molecule has 0 bridgehead atoms. The van der Waals surface area contributed by atoms with Crippen LogP contribution in [0.2, 0.25) is 0 Å². The first-order chi connectivity index (χ1) is 9.95. The van der Waals surface area contributed by atoms with E-state index in [2.05, 4.69) is 27.3 Å². The van der Waals surface area contributed by atoms with Crippen LogP contribution >= 0.6 is 0 Å². The fourth-order valence-electron chi connectivity index (χ4n) is 3.21. The fourth-order valence-corrected chi connectivity index (χ4v) is 3.21. The Hall–Kier alpha value is -1.15. The molecule has 0 saturated carbocycles. The van der Waals surface area contributed by atoms with Gasteiger partial charge in [0.15, 0.2) is 0 Å². The summed E-state index contributed by atoms with van der Waals surface area (Å²) in [5.41, 5.74) is 0. The van der Waals surface area contributed by atoms with E-state index in [9.17, 15) is 13.2 Å². The lowest BCUT2D eigenvalue weighted by atomic mass is 9.92. The minimum absolute atomic E-state index is 0.304. The predicted octanol–water partition coefficient (Wildman–Crippen LogP) is 1.50. The molecule has 0 amide bonds. The molecule has 2 atom stereocenters. The van der Waals surface area contributed by atoms with Gasteiger partial charge in [-0.05, 0) is 25.3 Å². The summed E-state index contributed by atoms with van der Waals surface area (Å²) in [6, 6.07) is 0.412. The van der Waals surface area contributed by atoms with Crippen molar-refractivity contribution in [3.8, 4) is 0 Å². The number of alkyl halides is 3. The Balaban J connectivity index is 1.66. The van der Waals surface area contributed by atoms with Gasteiger partial charge in [-0.25, -0.2) is 0 Å². The summed E-state index contributed by atoms with van der Waals surface area (Å²) in [4.78, 5) is 2.17. The highest BCUT2D eigenvalue weighted by Gasteiger charge is 2.39. The Morgan fingerprint density at radius 3 is 2.81 bits per heavy atom. The van der Waals surface area contributed by atoms with Crippen molar-refractivity contribution in [2.24, 2.45) is 5.92 Å². The molecule has 0 aliphatic carbocycles. The Labute approximate surface area is 121 Å². The molecule has 118 valence electrons. The Bertz CT molecular complexity index is 498. The Morgan fingerprint density at radius 2 is 2.10 bits per heavy atom. The van der Waals surface area contributed by atoms with Gasteiger partial charge in [-0.1, -0.05) is 6.92 Å². The Morgan fingerprint density at radius 1 is 1.29 bits per heavy atom. The molecule has 5 nitrogen and oxygen atoms in total. The number of fused-ring (bicyclic) bond motifs is 1. The third-order valence-corrected chi connectivity index (χ3v) is 4.47. The van der Waals surface area contributed by atoms with Crippen molar-refractivity contribution in [1.29, 1.82) is 0 Å². The normalized spacial score (nSPS) is 27.6. The quantitative estimate of drug-likeness (QED) is 0.899. The molecule has 3 rings (SSSR count). The van der Waals surface area contributed by atoms with Crippen molar-refractivity contribution in [3.63, 3.8) is 0 Å². The number of piperidine rings is 1. The molecule has 3 heterocycles. The molecular formula is C13H20F3N5. The lowest BCUT2D eigenvalue weighted by molar-refractivity contribution is -0.148. The highest BCUT2D eigenvalue weighted by atomic mass is 19.4. The first kappa shape index (κ1) is 14.8. The zero-order valence-corrected chi connectivity index (χ0v) is 12.0. The van der Waals surface area contributed by atoms with Crippen molar-refractivity contribution in [3.05, 3.63) is 11.6 Å². The number of nitrogens with zero attached hydrogens (tertiary/aromatic N) is 4. The second kappa shape index (κ2) is 5.57. The van der Waals surface area contributed by atoms with Crippen LogP contribution in [-0.2, 0) is 19.3 Å². The van der Waals surface area contributed by atoms with Crippen molar-refractivity contribution in [2.75, 3.05) is 19.6 Å². The molecule has 0 aromatic carbocycles. The van der Waals surface area contributed by atoms with E-state index in [1.165, 1.54) is 17.4 Å². The highest BCUT2D eigenvalue weighted by molar-refractivity contribution is 5.02. The van der Waals surface area contributed by atoms with Crippen molar-refractivity contribution >= 4 is 0 Å². The van der Waals surface area contributed by atoms with Gasteiger partial charge in [0.25, 0.3) is 0 Å². The van der Waals surface area contributed by atoms with Crippen LogP contribution in [0.25, 0.3) is 0 Å². The van der Waals surface area contributed by atoms with Gasteiger partial charge >= 0.3 is 6.18 Å². The SMILES string of the molecule is CC1CCCNC1CN1CCn2c(nnc2C(F)(F)F)C1. The summed E-state index contributed by atoms with van der Waals surface area (Å²) < 4.78 is 39.6. The molecule has 21 heavy (non-hydrogen) atoms. The summed E-state index contributed by atoms with van der Waals surface area (Å²) in [5, 5.41) is 10.5. The summed E-state index contributed by atoms with van der Waals surface area (Å²) in [6.07, 6.45) is -2.02. The number of rotatable bonds is 2. The highest BCUT2D eigenvalue weighted by Crippen LogP contribution is 2.29. The molecule has 0 spiro atoms. The largest absolute Gasteiger partial charge is 0.451 e. The van der Waals surface area contributed by atoms with Gasteiger partial charge in [0.05, 0.1) is 6.54 Å². The third-order valence-electron chi connectivity index (χ3n) is 4.47. The van der Waals surface area contributed by atoms with Crippen LogP contribution in [0.5, 0.6) is 0 Å². The number of halogens is 3. The van der Waals surface area contributed by atoms with E-state index in [-0.39, 0.29) is 0 Å². The number of nitrogens with one attached hydrogen (secondary N) is 1. The zero-order valence-electron chi connectivity index (χ0n) is 12.0. The van der Waals surface area contributed by atoms with E-state index >= 15 is 0 Å². The second-order valence-corrected chi connectivity index (χ2v) is 6.00. The lowest BCUT2D eigenvalue weighted by Gasteiger charge is -2.36. The average Bonchev–Trinajstić information content (AvgIpc) is 2.84. The van der Waals surface area contributed by atoms with Crippen molar-refractivity contribution in [2.45, 2.75) is 45.1 Å². The molecule has 1 fully saturated rings. The first-order valence-electron chi connectivity index (χ1n) is 7.40. The molecule has 2 aliphatic heterocycles. The molecule has 1 aromatic rings. The van der Waals surface area contributed by atoms with Crippen LogP contribution in [0, 0.1) is 5.92 Å². The van der Waals surface area contributed by atoms with Gasteiger partial charge in [-0.3, -0.25) is 4.90 Å². The third kappa shape index (κ3) is 3.06. The van der Waals surface area contributed by atoms with E-state index in [1.54, 1.807) is 0 Å². The van der Waals surface area contributed by atoms with Gasteiger partial charge in [0.1, 0.15) is 5.82 Å². The van der Waals surface area contributed by atoms with Gasteiger partial charge in [-0.2, -0.15) is 13.2 Å². The van der Waals surface area contributed by atoms with E-state index in [4.69, 9.17) is 0 Å². The predicted molar refractivity (Wildman–Crippen MR) is 70.5 cm³/mol. The van der Waals surface area contributed by atoms with E-state index in [1.807, 2.05) is 0 Å². The van der Waals surface area contributed by atoms with Crippen LogP contribution in [0.3, 0.4) is 0 Å². The summed E-state index contributed by atoms with van der Waals surface area (Å²) in [5.74, 6) is 0.141. The maximum Gasteiger partial charge on any atom is 0.451 e. The summed E-state index contributed by atoms with van der Waals surface area (Å²) >= 11 is 0. The average molecular weight is 303 g/mol. The monoisotopic (exact) mass is 303 g/mol. The number of aromatic nitrogens is 3.